The summed E-state index contributed by atoms with van der Waals surface area (Å²) in [4.78, 5) is 0.328. The Labute approximate surface area is 90.9 Å². The number of aryl methyl sites for hydroxylation is 1. The average molecular weight is 222 g/mol. The third-order valence-electron chi connectivity index (χ3n) is 1.91. The maximum atomic E-state index is 11.7. The second kappa shape index (κ2) is 4.94. The van der Waals surface area contributed by atoms with Crippen LogP contribution in [0.25, 0.3) is 0 Å². The van der Waals surface area contributed by atoms with Crippen molar-refractivity contribution in [3.05, 3.63) is 53.5 Å². The van der Waals surface area contributed by atoms with Gasteiger partial charge in [0.05, 0.1) is 4.90 Å². The second-order valence-corrected chi connectivity index (χ2v) is 5.05. The number of rotatable bonds is 3. The predicted octanol–water partition coefficient (Wildman–Crippen LogP) is 2.86. The summed E-state index contributed by atoms with van der Waals surface area (Å²) < 4.78 is 23.4. The largest absolute Gasteiger partial charge is 0.219 e. The third-order valence-corrected chi connectivity index (χ3v) is 3.36. The van der Waals surface area contributed by atoms with Gasteiger partial charge in [0.25, 0.3) is 0 Å². The van der Waals surface area contributed by atoms with Crippen molar-refractivity contribution < 1.29 is 8.42 Å². The Morgan fingerprint density at radius 2 is 1.67 bits per heavy atom. The van der Waals surface area contributed by atoms with Gasteiger partial charge in [0.2, 0.25) is 0 Å². The Kier molecular flexibility index (Phi) is 3.86. The van der Waals surface area contributed by atoms with Crippen LogP contribution >= 0.6 is 0 Å². The second-order valence-electron chi connectivity index (χ2n) is 3.21. The van der Waals surface area contributed by atoms with Crippen LogP contribution in [0.1, 0.15) is 12.5 Å². The van der Waals surface area contributed by atoms with Crippen molar-refractivity contribution in [1.82, 2.24) is 0 Å². The highest BCUT2D eigenvalue weighted by atomic mass is 32.2. The van der Waals surface area contributed by atoms with E-state index in [1.807, 2.05) is 13.8 Å². The number of benzene rings is 1. The molecule has 0 aromatic heterocycles. The first-order valence-corrected chi connectivity index (χ1v) is 6.22. The molecule has 3 heteroatoms. The number of hydrogen-bond acceptors (Lipinski definition) is 2. The first-order chi connectivity index (χ1) is 7.06. The standard InChI is InChI=1S/C12H14O2S/c1-3-4-5-10-15(13,14)12-8-6-11(2)7-9-12/h3-10H,1-2H3/b4-3+,10-5+. The third kappa shape index (κ3) is 3.36. The lowest BCUT2D eigenvalue weighted by Crippen LogP contribution is -1.95. The molecule has 0 amide bonds. The van der Waals surface area contributed by atoms with E-state index in [1.54, 1.807) is 36.4 Å². The van der Waals surface area contributed by atoms with Crippen LogP contribution in [-0.2, 0) is 9.84 Å². The van der Waals surface area contributed by atoms with E-state index in [9.17, 15) is 8.42 Å². The van der Waals surface area contributed by atoms with Crippen molar-refractivity contribution in [1.29, 1.82) is 0 Å². The van der Waals surface area contributed by atoms with Crippen LogP contribution in [0.2, 0.25) is 0 Å². The molecule has 1 aromatic rings. The summed E-state index contributed by atoms with van der Waals surface area (Å²) in [5.41, 5.74) is 1.05. The molecule has 0 heterocycles. The maximum absolute atomic E-state index is 11.7. The summed E-state index contributed by atoms with van der Waals surface area (Å²) in [5, 5.41) is 1.21. The Bertz CT molecular complexity index is 465. The molecule has 0 saturated heterocycles. The quantitative estimate of drug-likeness (QED) is 0.737. The average Bonchev–Trinajstić information content (AvgIpc) is 2.18. The summed E-state index contributed by atoms with van der Waals surface area (Å²) in [6.07, 6.45) is 4.99. The molecule has 0 radical (unpaired) electrons. The molecule has 0 fully saturated rings. The zero-order chi connectivity index (χ0) is 11.3. The van der Waals surface area contributed by atoms with Gasteiger partial charge in [-0.1, -0.05) is 35.9 Å². The molecule has 0 unspecified atom stereocenters. The molecule has 0 saturated carbocycles. The Hall–Kier alpha value is -1.35. The van der Waals surface area contributed by atoms with Crippen molar-refractivity contribution in [2.24, 2.45) is 0 Å². The van der Waals surface area contributed by atoms with Crippen molar-refractivity contribution in [2.45, 2.75) is 18.7 Å². The van der Waals surface area contributed by atoms with Gasteiger partial charge in [0.15, 0.2) is 9.84 Å². The SMILES string of the molecule is C/C=C/C=C/S(=O)(=O)c1ccc(C)cc1. The van der Waals surface area contributed by atoms with Crippen molar-refractivity contribution in [3.8, 4) is 0 Å². The predicted molar refractivity (Wildman–Crippen MR) is 62.3 cm³/mol. The Balaban J connectivity index is 3.01. The normalized spacial score (nSPS) is 12.7. The molecule has 1 rings (SSSR count). The highest BCUT2D eigenvalue weighted by Crippen LogP contribution is 2.12. The summed E-state index contributed by atoms with van der Waals surface area (Å²) in [5.74, 6) is 0. The molecule has 2 nitrogen and oxygen atoms in total. The van der Waals surface area contributed by atoms with Crippen molar-refractivity contribution >= 4 is 9.84 Å². The maximum Gasteiger partial charge on any atom is 0.199 e. The topological polar surface area (TPSA) is 34.1 Å². The van der Waals surface area contributed by atoms with Crippen LogP contribution in [-0.4, -0.2) is 8.42 Å². The molecular formula is C12H14O2S. The number of hydrogen-bond donors (Lipinski definition) is 0. The lowest BCUT2D eigenvalue weighted by atomic mass is 10.2. The van der Waals surface area contributed by atoms with Gasteiger partial charge in [0.1, 0.15) is 0 Å². The minimum atomic E-state index is -3.28. The molecule has 1 aromatic carbocycles. The van der Waals surface area contributed by atoms with Crippen LogP contribution in [0, 0.1) is 6.92 Å². The zero-order valence-corrected chi connectivity index (χ0v) is 9.66. The first kappa shape index (κ1) is 11.7. The monoisotopic (exact) mass is 222 g/mol. The zero-order valence-electron chi connectivity index (χ0n) is 8.84. The fraction of sp³-hybridized carbons (Fsp3) is 0.167. The van der Waals surface area contributed by atoms with Gasteiger partial charge >= 0.3 is 0 Å². The van der Waals surface area contributed by atoms with Gasteiger partial charge in [-0.05, 0) is 26.0 Å². The van der Waals surface area contributed by atoms with Crippen LogP contribution in [0.15, 0.2) is 52.8 Å². The van der Waals surface area contributed by atoms with Crippen molar-refractivity contribution in [2.75, 3.05) is 0 Å². The van der Waals surface area contributed by atoms with E-state index in [-0.39, 0.29) is 0 Å². The van der Waals surface area contributed by atoms with Gasteiger partial charge in [-0.3, -0.25) is 0 Å². The number of sulfone groups is 1. The molecule has 0 aliphatic heterocycles. The van der Waals surface area contributed by atoms with Crippen molar-refractivity contribution in [3.63, 3.8) is 0 Å². The van der Waals surface area contributed by atoms with Crippen LogP contribution < -0.4 is 0 Å². The van der Waals surface area contributed by atoms with Crippen LogP contribution in [0.4, 0.5) is 0 Å². The van der Waals surface area contributed by atoms with E-state index in [0.717, 1.165) is 5.56 Å². The van der Waals surface area contributed by atoms with E-state index in [0.29, 0.717) is 4.90 Å². The van der Waals surface area contributed by atoms with Gasteiger partial charge in [-0.2, -0.15) is 0 Å². The minimum Gasteiger partial charge on any atom is -0.219 e. The molecule has 0 bridgehead atoms. The smallest absolute Gasteiger partial charge is 0.199 e. The molecule has 0 aliphatic carbocycles. The van der Waals surface area contributed by atoms with Crippen LogP contribution in [0.3, 0.4) is 0 Å². The minimum absolute atomic E-state index is 0.328. The van der Waals surface area contributed by atoms with Gasteiger partial charge in [-0.25, -0.2) is 8.42 Å². The van der Waals surface area contributed by atoms with E-state index in [4.69, 9.17) is 0 Å². The molecule has 0 N–H and O–H groups in total. The fourth-order valence-electron chi connectivity index (χ4n) is 1.07. The fourth-order valence-corrected chi connectivity index (χ4v) is 2.04. The molecule has 0 aliphatic rings. The first-order valence-electron chi connectivity index (χ1n) is 4.67. The van der Waals surface area contributed by atoms with Crippen LogP contribution in [0.5, 0.6) is 0 Å². The lowest BCUT2D eigenvalue weighted by molar-refractivity contribution is 0.604. The highest BCUT2D eigenvalue weighted by Gasteiger charge is 2.08. The molecule has 80 valence electrons. The molecule has 0 spiro atoms. The highest BCUT2D eigenvalue weighted by molar-refractivity contribution is 7.94. The van der Waals surface area contributed by atoms with E-state index in [1.165, 1.54) is 11.5 Å². The van der Waals surface area contributed by atoms with Gasteiger partial charge in [-0.15, -0.1) is 0 Å². The molecular weight excluding hydrogens is 208 g/mol. The summed E-state index contributed by atoms with van der Waals surface area (Å²) in [7, 11) is -3.28. The Morgan fingerprint density at radius 3 is 2.20 bits per heavy atom. The Morgan fingerprint density at radius 1 is 1.07 bits per heavy atom. The van der Waals surface area contributed by atoms with E-state index in [2.05, 4.69) is 0 Å². The van der Waals surface area contributed by atoms with Gasteiger partial charge < -0.3 is 0 Å². The molecule has 15 heavy (non-hydrogen) atoms. The summed E-state index contributed by atoms with van der Waals surface area (Å²) in [6, 6.07) is 6.81. The number of allylic oxidation sites excluding steroid dienone is 3. The van der Waals surface area contributed by atoms with E-state index < -0.39 is 9.84 Å². The lowest BCUT2D eigenvalue weighted by Gasteiger charge is -1.98. The molecule has 0 atom stereocenters. The summed E-state index contributed by atoms with van der Waals surface area (Å²) in [6.45, 7) is 3.76. The van der Waals surface area contributed by atoms with Gasteiger partial charge in [0, 0.05) is 5.41 Å². The van der Waals surface area contributed by atoms with E-state index >= 15 is 0 Å². The summed E-state index contributed by atoms with van der Waals surface area (Å²) >= 11 is 0.